The summed E-state index contributed by atoms with van der Waals surface area (Å²) in [6.07, 6.45) is 0.0375. The van der Waals surface area contributed by atoms with E-state index < -0.39 is 11.6 Å². The molecule has 2 aliphatic rings. The largest absolute Gasteiger partial charge is 0.494 e. The molecule has 32 heavy (non-hydrogen) atoms. The highest BCUT2D eigenvalue weighted by Crippen LogP contribution is 2.53. The normalized spacial score (nSPS) is 22.4. The predicted octanol–water partition coefficient (Wildman–Crippen LogP) is 3.75. The number of hydrogen-bond acceptors (Lipinski definition) is 7. The molecular weight excluding hydrogens is 428 g/mol. The molecule has 7 nitrogen and oxygen atoms in total. The summed E-state index contributed by atoms with van der Waals surface area (Å²) in [5.74, 6) is 1.21. The molecule has 2 atom stereocenters. The summed E-state index contributed by atoms with van der Waals surface area (Å²) < 4.78 is 16.4. The third-order valence-corrected chi connectivity index (χ3v) is 6.97. The number of allylic oxidation sites excluding steroid dienone is 1. The van der Waals surface area contributed by atoms with Crippen LogP contribution in [0.2, 0.25) is 0 Å². The zero-order valence-electron chi connectivity index (χ0n) is 18.1. The first-order valence-electron chi connectivity index (χ1n) is 10.2. The predicted molar refractivity (Wildman–Crippen MR) is 120 cm³/mol. The van der Waals surface area contributed by atoms with Crippen molar-refractivity contribution in [1.29, 1.82) is 5.26 Å². The molecule has 166 valence electrons. The quantitative estimate of drug-likeness (QED) is 0.714. The highest BCUT2D eigenvalue weighted by molar-refractivity contribution is 8.03. The number of para-hydroxylation sites is 1. The van der Waals surface area contributed by atoms with Gasteiger partial charge < -0.3 is 19.3 Å². The van der Waals surface area contributed by atoms with Gasteiger partial charge in [-0.05, 0) is 25.1 Å². The molecule has 1 fully saturated rings. The van der Waals surface area contributed by atoms with Crippen LogP contribution in [0.4, 0.5) is 0 Å². The number of carbonyl (C=O) groups is 1. The molecule has 0 spiro atoms. The van der Waals surface area contributed by atoms with Crippen LogP contribution in [0.5, 0.6) is 17.2 Å². The lowest BCUT2D eigenvalue weighted by Crippen LogP contribution is -2.48. The number of hydrogen-bond donors (Lipinski definition) is 1. The molecule has 1 N–H and O–H groups in total. The molecule has 2 aromatic carbocycles. The molecule has 2 heterocycles. The molecule has 2 aliphatic heterocycles. The highest BCUT2D eigenvalue weighted by atomic mass is 32.2. The number of thioether (sulfide) groups is 1. The van der Waals surface area contributed by atoms with Gasteiger partial charge in [0.15, 0.2) is 17.2 Å². The number of carbonyl (C=O) groups excluding carboxylic acids is 1. The molecule has 0 aromatic heterocycles. The number of benzene rings is 2. The Morgan fingerprint density at radius 1 is 1.22 bits per heavy atom. The van der Waals surface area contributed by atoms with E-state index in [-0.39, 0.29) is 18.1 Å². The summed E-state index contributed by atoms with van der Waals surface area (Å²) in [4.78, 5) is 14.7. The Morgan fingerprint density at radius 3 is 2.59 bits per heavy atom. The minimum absolute atomic E-state index is 0.0375. The first kappa shape index (κ1) is 22.1. The number of nitrogens with zero attached hydrogens (tertiary/aromatic N) is 2. The smallest absolute Gasteiger partial charge is 0.231 e. The van der Waals surface area contributed by atoms with Crippen molar-refractivity contribution in [3.8, 4) is 23.3 Å². The van der Waals surface area contributed by atoms with Gasteiger partial charge in [-0.1, -0.05) is 24.3 Å². The Kier molecular flexibility index (Phi) is 6.04. The van der Waals surface area contributed by atoms with Crippen molar-refractivity contribution in [1.82, 2.24) is 4.90 Å². The summed E-state index contributed by atoms with van der Waals surface area (Å²) in [5.41, 5.74) is 0.184. The van der Waals surface area contributed by atoms with Crippen molar-refractivity contribution in [2.45, 2.75) is 25.0 Å². The van der Waals surface area contributed by atoms with Crippen LogP contribution < -0.4 is 14.2 Å². The van der Waals surface area contributed by atoms with Crippen molar-refractivity contribution in [3.05, 3.63) is 64.2 Å². The van der Waals surface area contributed by atoms with Crippen molar-refractivity contribution < 1.29 is 24.1 Å². The van der Waals surface area contributed by atoms with E-state index in [9.17, 15) is 15.2 Å². The van der Waals surface area contributed by atoms with Crippen LogP contribution in [0.1, 0.15) is 30.4 Å². The molecule has 1 amide bonds. The number of ether oxygens (including phenoxy) is 3. The van der Waals surface area contributed by atoms with E-state index in [0.29, 0.717) is 45.6 Å². The van der Waals surface area contributed by atoms with Crippen LogP contribution in [0.15, 0.2) is 53.1 Å². The fourth-order valence-electron chi connectivity index (χ4n) is 4.28. The van der Waals surface area contributed by atoms with Crippen molar-refractivity contribution in [3.63, 3.8) is 0 Å². The number of amides is 1. The van der Waals surface area contributed by atoms with E-state index in [4.69, 9.17) is 14.2 Å². The van der Waals surface area contributed by atoms with E-state index in [0.717, 1.165) is 0 Å². The van der Waals surface area contributed by atoms with E-state index in [1.54, 1.807) is 37.4 Å². The number of nitriles is 1. The highest BCUT2D eigenvalue weighted by Gasteiger charge is 2.52. The average molecular weight is 453 g/mol. The topological polar surface area (TPSA) is 92.0 Å². The van der Waals surface area contributed by atoms with Gasteiger partial charge >= 0.3 is 0 Å². The average Bonchev–Trinajstić information content (AvgIpc) is 3.18. The fraction of sp³-hybridized carbons (Fsp3) is 0.333. The van der Waals surface area contributed by atoms with Gasteiger partial charge in [0.05, 0.1) is 43.3 Å². The third-order valence-electron chi connectivity index (χ3n) is 5.75. The third kappa shape index (κ3) is 3.48. The summed E-state index contributed by atoms with van der Waals surface area (Å²) in [7, 11) is 3.08. The molecule has 0 unspecified atom stereocenters. The van der Waals surface area contributed by atoms with Crippen molar-refractivity contribution in [2.75, 3.05) is 26.6 Å². The minimum Gasteiger partial charge on any atom is -0.494 e. The minimum atomic E-state index is -1.53. The lowest BCUT2D eigenvalue weighted by molar-refractivity contribution is -0.149. The first-order valence-corrected chi connectivity index (χ1v) is 11.2. The van der Waals surface area contributed by atoms with E-state index in [1.807, 2.05) is 19.1 Å². The molecule has 0 saturated carbocycles. The number of methoxy groups -OCH3 is 2. The second-order valence-corrected chi connectivity index (χ2v) is 8.43. The standard InChI is InChI=1S/C24H24N2O5S/c1-4-31-16-10-8-15(9-11-16)24(28)14-32-23-19(13-25)18(12-21(27)26(23)24)17-6-5-7-20(29-2)22(17)30-3/h5-11,18,28H,4,12,14H2,1-3H3/t18-,24-/m0/s1. The number of fused-ring (bicyclic) bond motifs is 1. The van der Waals surface area contributed by atoms with E-state index in [2.05, 4.69) is 6.07 Å². The van der Waals surface area contributed by atoms with E-state index >= 15 is 0 Å². The van der Waals surface area contributed by atoms with Crippen LogP contribution in [0, 0.1) is 11.3 Å². The molecule has 1 saturated heterocycles. The Morgan fingerprint density at radius 2 is 1.97 bits per heavy atom. The van der Waals surface area contributed by atoms with Crippen molar-refractivity contribution in [2.24, 2.45) is 0 Å². The van der Waals surface area contributed by atoms with Crippen LogP contribution >= 0.6 is 11.8 Å². The molecule has 2 aromatic rings. The first-order chi connectivity index (χ1) is 15.5. The summed E-state index contributed by atoms with van der Waals surface area (Å²) >= 11 is 1.31. The monoisotopic (exact) mass is 452 g/mol. The second kappa shape index (κ2) is 8.77. The number of aliphatic hydroxyl groups is 1. The molecule has 8 heteroatoms. The summed E-state index contributed by atoms with van der Waals surface area (Å²) in [6, 6.07) is 14.8. The maximum absolute atomic E-state index is 13.3. The second-order valence-electron chi connectivity index (χ2n) is 7.46. The fourth-order valence-corrected chi connectivity index (χ4v) is 5.63. The Hall–Kier alpha value is -3.15. The lowest BCUT2D eigenvalue weighted by atomic mass is 9.84. The van der Waals surface area contributed by atoms with Gasteiger partial charge in [0, 0.05) is 23.5 Å². The van der Waals surface area contributed by atoms with Gasteiger partial charge in [-0.3, -0.25) is 9.69 Å². The summed E-state index contributed by atoms with van der Waals surface area (Å²) in [6.45, 7) is 2.44. The molecule has 4 rings (SSSR count). The van der Waals surface area contributed by atoms with Crippen molar-refractivity contribution >= 4 is 17.7 Å². The Bertz CT molecular complexity index is 1110. The van der Waals surface area contributed by atoms with Crippen LogP contribution in [0.25, 0.3) is 0 Å². The van der Waals surface area contributed by atoms with Gasteiger partial charge in [0.25, 0.3) is 0 Å². The number of rotatable bonds is 6. The Balaban J connectivity index is 1.78. The molecule has 0 bridgehead atoms. The van der Waals surface area contributed by atoms with Gasteiger partial charge in [0.1, 0.15) is 5.75 Å². The molecule has 0 aliphatic carbocycles. The van der Waals surface area contributed by atoms with Crippen LogP contribution in [-0.2, 0) is 10.5 Å². The molecular formula is C24H24N2O5S. The maximum Gasteiger partial charge on any atom is 0.231 e. The Labute approximate surface area is 191 Å². The van der Waals surface area contributed by atoms with Gasteiger partial charge in [-0.15, -0.1) is 11.8 Å². The molecule has 0 radical (unpaired) electrons. The zero-order valence-corrected chi connectivity index (χ0v) is 18.9. The van der Waals surface area contributed by atoms with Gasteiger partial charge in [0.2, 0.25) is 5.91 Å². The van der Waals surface area contributed by atoms with Crippen LogP contribution in [0.3, 0.4) is 0 Å². The van der Waals surface area contributed by atoms with Gasteiger partial charge in [-0.25, -0.2) is 0 Å². The van der Waals surface area contributed by atoms with Crippen LogP contribution in [-0.4, -0.2) is 42.5 Å². The maximum atomic E-state index is 13.3. The SMILES string of the molecule is CCOc1ccc([C@@]2(O)CSC3=C(C#N)[C@H](c4cccc(OC)c4OC)CC(=O)N32)cc1. The zero-order chi connectivity index (χ0) is 22.9. The lowest BCUT2D eigenvalue weighted by Gasteiger charge is -2.38. The van der Waals surface area contributed by atoms with E-state index in [1.165, 1.54) is 23.8 Å². The van der Waals surface area contributed by atoms with Gasteiger partial charge in [-0.2, -0.15) is 5.26 Å². The summed E-state index contributed by atoms with van der Waals surface area (Å²) in [5, 5.41) is 22.1.